The highest BCUT2D eigenvalue weighted by Gasteiger charge is 2.29. The minimum atomic E-state index is -3.89. The van der Waals surface area contributed by atoms with Crippen molar-refractivity contribution in [2.45, 2.75) is 42.9 Å². The van der Waals surface area contributed by atoms with Crippen molar-refractivity contribution >= 4 is 50.6 Å². The summed E-state index contributed by atoms with van der Waals surface area (Å²) >= 11 is -3.61. The molecule has 0 aliphatic carbocycles. The number of nitrogens with two attached hydrogens (primary N) is 1. The highest BCUT2D eigenvalue weighted by molar-refractivity contribution is 7.89. The first kappa shape index (κ1) is 65.6. The number of fused-ring (bicyclic) bond motifs is 1. The predicted octanol–water partition coefficient (Wildman–Crippen LogP) is 3.07. The monoisotopic (exact) mass is 1160 g/mol. The Morgan fingerprint density at radius 2 is 1.21 bits per heavy atom. The number of sulfonamides is 1. The van der Waals surface area contributed by atoms with Gasteiger partial charge in [-0.1, -0.05) is 13.0 Å². The smallest absolute Gasteiger partial charge is 0.313 e. The molecule has 0 spiro atoms. The third-order valence-electron chi connectivity index (χ3n) is 10.2. The number of carbonyl (C=O) groups is 2. The summed E-state index contributed by atoms with van der Waals surface area (Å²) in [6, 6.07) is 5.22. The van der Waals surface area contributed by atoms with Crippen LogP contribution in [0.1, 0.15) is 38.7 Å². The quantitative estimate of drug-likeness (QED) is 0.0157. The van der Waals surface area contributed by atoms with Crippen LogP contribution in [0.3, 0.4) is 0 Å². The van der Waals surface area contributed by atoms with Crippen LogP contribution in [0, 0.1) is 23.3 Å². The fraction of sp³-hybridized carbons (Fsp3) is 0.583. The lowest BCUT2D eigenvalue weighted by atomic mass is 10.1. The van der Waals surface area contributed by atoms with Crippen LogP contribution >= 0.6 is 0 Å². The highest BCUT2D eigenvalue weighted by atomic mass is 32.2. The van der Waals surface area contributed by atoms with E-state index in [4.69, 9.17) is 57.9 Å². The minimum absolute atomic E-state index is 0.0325. The summed E-state index contributed by atoms with van der Waals surface area (Å²) in [5.41, 5.74) is 8.35. The van der Waals surface area contributed by atoms with E-state index in [2.05, 4.69) is 19.6 Å². The zero-order chi connectivity index (χ0) is 56.5. The van der Waals surface area contributed by atoms with Crippen LogP contribution in [0.25, 0.3) is 11.8 Å². The lowest BCUT2D eigenvalue weighted by molar-refractivity contribution is -0.180. The standard InChI is InChI=1S/C48H68F4N6O18S2/c1-3-9-58(75-4-2)48(60)36-30-35-5-6-37(32-39(35)56-40(53)31-36)57-34-38(33-54-57)78(63,64)55-8-11-66-13-15-68-17-19-70-21-23-72-25-27-74-29-28-73-26-24-71-22-20-69-18-16-67-14-12-65-10-7-41(59)76-46-42(49)44(51)47(77(61)62)45(52)43(46)50/h5-6,30,32-34,55H,3-4,7-29,31H2,1-2H3,(H2,53,56)(H,61,62)/p-1. The normalized spacial score (nSPS) is 13.0. The van der Waals surface area contributed by atoms with Gasteiger partial charge in [0.05, 0.1) is 169 Å². The molecule has 438 valence electrons. The lowest BCUT2D eigenvalue weighted by Crippen LogP contribution is -2.34. The maximum absolute atomic E-state index is 13.9. The van der Waals surface area contributed by atoms with E-state index >= 15 is 0 Å². The fourth-order valence-electron chi connectivity index (χ4n) is 6.55. The lowest BCUT2D eigenvalue weighted by Gasteiger charge is -2.21. The van der Waals surface area contributed by atoms with E-state index in [-0.39, 0.29) is 75.9 Å². The number of aliphatic imine (C=N–C) groups is 1. The molecule has 78 heavy (non-hydrogen) atoms. The summed E-state index contributed by atoms with van der Waals surface area (Å²) in [5, 5.41) is 5.57. The molecule has 0 radical (unpaired) electrons. The number of esters is 1. The van der Waals surface area contributed by atoms with Crippen molar-refractivity contribution in [3.05, 3.63) is 65.0 Å². The number of hydrogen-bond donors (Lipinski definition) is 2. The van der Waals surface area contributed by atoms with Gasteiger partial charge in [0.2, 0.25) is 27.4 Å². The van der Waals surface area contributed by atoms with Crippen LogP contribution in [-0.4, -0.2) is 202 Å². The average Bonchev–Trinajstić information content (AvgIpc) is 3.93. The molecule has 0 saturated carbocycles. The van der Waals surface area contributed by atoms with E-state index in [1.165, 1.54) is 22.1 Å². The second-order valence-corrected chi connectivity index (χ2v) is 18.7. The second-order valence-electron chi connectivity index (χ2n) is 16.0. The Kier molecular flexibility index (Phi) is 31.2. The van der Waals surface area contributed by atoms with Gasteiger partial charge in [0, 0.05) is 30.6 Å². The summed E-state index contributed by atoms with van der Waals surface area (Å²) in [7, 11) is -3.89. The van der Waals surface area contributed by atoms with E-state index in [0.717, 1.165) is 6.42 Å². The number of nitrogens with zero attached hydrogens (tertiary/aromatic N) is 4. The van der Waals surface area contributed by atoms with Gasteiger partial charge in [-0.15, -0.1) is 0 Å². The van der Waals surface area contributed by atoms with E-state index in [0.29, 0.717) is 122 Å². The number of halogens is 4. The summed E-state index contributed by atoms with van der Waals surface area (Å²) in [4.78, 5) is 33.1. The third-order valence-corrected chi connectivity index (χ3v) is 12.3. The van der Waals surface area contributed by atoms with E-state index in [9.17, 15) is 44.3 Å². The molecule has 0 bridgehead atoms. The molecule has 1 aromatic heterocycles. The van der Waals surface area contributed by atoms with Crippen molar-refractivity contribution in [2.75, 3.05) is 152 Å². The van der Waals surface area contributed by atoms with Crippen LogP contribution in [0.5, 0.6) is 5.75 Å². The predicted molar refractivity (Wildman–Crippen MR) is 268 cm³/mol. The zero-order valence-electron chi connectivity index (χ0n) is 43.4. The van der Waals surface area contributed by atoms with Crippen molar-refractivity contribution in [2.24, 2.45) is 10.7 Å². The molecule has 0 saturated heterocycles. The average molecular weight is 1160 g/mol. The van der Waals surface area contributed by atoms with Crippen molar-refractivity contribution in [1.29, 1.82) is 0 Å². The van der Waals surface area contributed by atoms with Crippen molar-refractivity contribution < 1.29 is 101 Å². The second kappa shape index (κ2) is 37.1. The fourth-order valence-corrected chi connectivity index (χ4v) is 7.96. The molecular weight excluding hydrogens is 1090 g/mol. The molecule has 30 heteroatoms. The Morgan fingerprint density at radius 1 is 0.731 bits per heavy atom. The van der Waals surface area contributed by atoms with Crippen molar-refractivity contribution in [1.82, 2.24) is 19.6 Å². The van der Waals surface area contributed by atoms with Gasteiger partial charge < -0.3 is 62.4 Å². The number of nitrogens with one attached hydrogen (secondary N) is 1. The summed E-state index contributed by atoms with van der Waals surface area (Å²) in [6.45, 7) is 10.0. The number of amides is 1. The minimum Gasteiger partial charge on any atom is -0.768 e. The Hall–Kier alpha value is -4.90. The Morgan fingerprint density at radius 3 is 1.67 bits per heavy atom. The number of benzene rings is 2. The maximum atomic E-state index is 13.9. The molecule has 1 atom stereocenters. The zero-order valence-corrected chi connectivity index (χ0v) is 45.0. The van der Waals surface area contributed by atoms with E-state index < -0.39 is 67.4 Å². The molecule has 3 aromatic rings. The largest absolute Gasteiger partial charge is 0.768 e. The molecular formula is C48H67F4N6O18S2-. The molecule has 2 aromatic carbocycles. The van der Waals surface area contributed by atoms with Crippen LogP contribution in [0.2, 0.25) is 0 Å². The van der Waals surface area contributed by atoms with Gasteiger partial charge >= 0.3 is 5.97 Å². The van der Waals surface area contributed by atoms with Gasteiger partial charge in [0.15, 0.2) is 11.6 Å². The highest BCUT2D eigenvalue weighted by Crippen LogP contribution is 2.32. The number of amidine groups is 1. The number of hydrogen-bond acceptors (Lipinski definition) is 21. The molecule has 1 unspecified atom stereocenters. The first-order valence-electron chi connectivity index (χ1n) is 24.8. The molecule has 3 N–H and O–H groups in total. The molecule has 2 heterocycles. The number of rotatable bonds is 43. The topological polar surface area (TPSA) is 291 Å². The molecule has 1 amide bonds. The van der Waals surface area contributed by atoms with Crippen LogP contribution < -0.4 is 15.2 Å². The molecule has 1 aliphatic heterocycles. The SMILES string of the molecule is CCCN(OCC)C(=O)C1=Cc2ccc(-n3cc(S(=O)(=O)NCCOCCOCCOCCOCCOCCOCCOCCOCCOCCOCCC(=O)Oc4c(F)c(F)c(S(=O)[O-])c(F)c4F)cn3)cc2N=C(N)C1. The summed E-state index contributed by atoms with van der Waals surface area (Å²) in [6.07, 6.45) is 4.69. The van der Waals surface area contributed by atoms with Crippen LogP contribution in [0.15, 0.2) is 50.9 Å². The van der Waals surface area contributed by atoms with Gasteiger partial charge in [-0.25, -0.2) is 36.7 Å². The third kappa shape index (κ3) is 23.4. The Balaban J connectivity index is 0.874. The Bertz CT molecular complexity index is 2480. The first-order chi connectivity index (χ1) is 37.7. The van der Waals surface area contributed by atoms with E-state index in [1.807, 2.05) is 13.8 Å². The van der Waals surface area contributed by atoms with Crippen molar-refractivity contribution in [3.8, 4) is 11.4 Å². The first-order valence-corrected chi connectivity index (χ1v) is 27.3. The maximum Gasteiger partial charge on any atom is 0.313 e. The Labute approximate surface area is 451 Å². The molecule has 4 rings (SSSR count). The van der Waals surface area contributed by atoms with Crippen LogP contribution in [0.4, 0.5) is 23.2 Å². The van der Waals surface area contributed by atoms with Crippen molar-refractivity contribution in [3.63, 3.8) is 0 Å². The van der Waals surface area contributed by atoms with Gasteiger partial charge in [0.25, 0.3) is 5.91 Å². The van der Waals surface area contributed by atoms with Crippen LogP contribution in [-0.2, 0) is 82.9 Å². The van der Waals surface area contributed by atoms with Gasteiger partial charge in [-0.05, 0) is 42.6 Å². The number of aromatic nitrogens is 2. The number of hydroxylamine groups is 2. The van der Waals surface area contributed by atoms with Gasteiger partial charge in [0.1, 0.15) is 15.6 Å². The molecule has 1 aliphatic rings. The van der Waals surface area contributed by atoms with Gasteiger partial charge in [-0.3, -0.25) is 18.6 Å². The number of ether oxygens (including phenoxy) is 11. The molecule has 24 nitrogen and oxygen atoms in total. The summed E-state index contributed by atoms with van der Waals surface area (Å²) < 4.78 is 165. The number of carbonyl (C=O) groups excluding carboxylic acids is 2. The molecule has 0 fully saturated rings. The summed E-state index contributed by atoms with van der Waals surface area (Å²) in [5.74, 6) is -11.8. The van der Waals surface area contributed by atoms with Gasteiger partial charge in [-0.2, -0.15) is 13.9 Å². The van der Waals surface area contributed by atoms with E-state index in [1.54, 1.807) is 24.3 Å².